The van der Waals surface area contributed by atoms with Crippen molar-refractivity contribution < 1.29 is 53.0 Å². The van der Waals surface area contributed by atoms with E-state index >= 15 is 0 Å². The van der Waals surface area contributed by atoms with E-state index < -0.39 is 30.1 Å². The number of aliphatic hydroxyl groups excluding tert-OH is 2. The SMILES string of the molecule is C=CCO[C@@]12Oc3ccc(OCCSc4ccccc4)cc3[C@H]3[C@H](CCCCO)[C@@H](CCCCO)C=C(C(=NOC4CCCCO4)C[C@@H]1N(Cc1ccc4c(c1)OCO4)C(=O)OCC)[C@H]32. The predicted octanol–water partition coefficient (Wildman–Crippen LogP) is 9.41. The summed E-state index contributed by atoms with van der Waals surface area (Å²) >= 11 is 1.75. The molecule has 65 heavy (non-hydrogen) atoms. The second kappa shape index (κ2) is 22.6. The molecule has 1 saturated heterocycles. The van der Waals surface area contributed by atoms with Crippen molar-refractivity contribution in [3.05, 3.63) is 102 Å². The zero-order valence-electron chi connectivity index (χ0n) is 37.5. The summed E-state index contributed by atoms with van der Waals surface area (Å²) in [6.07, 6.45) is 10.5. The highest BCUT2D eigenvalue weighted by atomic mass is 32.2. The van der Waals surface area contributed by atoms with E-state index in [2.05, 4.69) is 30.9 Å². The molecule has 5 aliphatic rings. The molecule has 3 heterocycles. The van der Waals surface area contributed by atoms with Crippen LogP contribution in [-0.4, -0.2) is 97.2 Å². The highest BCUT2D eigenvalue weighted by molar-refractivity contribution is 7.99. The van der Waals surface area contributed by atoms with Crippen LogP contribution in [0.3, 0.4) is 0 Å². The number of amides is 1. The Bertz CT molecular complexity index is 2110. The third-order valence-corrected chi connectivity index (χ3v) is 14.1. The summed E-state index contributed by atoms with van der Waals surface area (Å²) in [7, 11) is 0. The van der Waals surface area contributed by atoms with Gasteiger partial charge in [-0.25, -0.2) is 4.79 Å². The van der Waals surface area contributed by atoms with Crippen LogP contribution in [0, 0.1) is 17.8 Å². The van der Waals surface area contributed by atoms with Gasteiger partial charge in [0.2, 0.25) is 18.9 Å². The molecule has 350 valence electrons. The van der Waals surface area contributed by atoms with Crippen LogP contribution in [0.25, 0.3) is 0 Å². The van der Waals surface area contributed by atoms with Gasteiger partial charge in [0.25, 0.3) is 0 Å². The number of allylic oxidation sites excluding steroid dienone is 1. The van der Waals surface area contributed by atoms with Crippen LogP contribution in [-0.2, 0) is 25.6 Å². The normalized spacial score (nSPS) is 25.7. The first-order chi connectivity index (χ1) is 32.0. The van der Waals surface area contributed by atoms with Crippen LogP contribution in [0.15, 0.2) is 101 Å². The summed E-state index contributed by atoms with van der Waals surface area (Å²) in [5.74, 6) is 1.37. The van der Waals surface area contributed by atoms with Gasteiger partial charge in [-0.05, 0) is 111 Å². The molecule has 13 nitrogen and oxygen atoms in total. The number of thioether (sulfide) groups is 1. The number of hydrogen-bond donors (Lipinski definition) is 2. The first kappa shape index (κ1) is 46.8. The van der Waals surface area contributed by atoms with Crippen molar-refractivity contribution in [1.82, 2.24) is 4.90 Å². The highest BCUT2D eigenvalue weighted by Gasteiger charge is 2.65. The Morgan fingerprint density at radius 2 is 1.80 bits per heavy atom. The zero-order valence-corrected chi connectivity index (χ0v) is 38.3. The van der Waals surface area contributed by atoms with Gasteiger partial charge in [0.05, 0.1) is 38.1 Å². The van der Waals surface area contributed by atoms with E-state index in [1.165, 1.54) is 4.90 Å². The molecule has 2 N–H and O–H groups in total. The van der Waals surface area contributed by atoms with Crippen molar-refractivity contribution in [3.8, 4) is 23.0 Å². The molecule has 1 saturated carbocycles. The molecule has 3 aromatic carbocycles. The molecule has 0 aromatic heterocycles. The lowest BCUT2D eigenvalue weighted by Crippen LogP contribution is -2.70. The topological polar surface area (TPSA) is 147 Å². The number of carbonyl (C=O) groups is 1. The number of aliphatic hydroxyl groups is 2. The van der Waals surface area contributed by atoms with Crippen LogP contribution in [0.2, 0.25) is 0 Å². The molecule has 1 unspecified atom stereocenters. The summed E-state index contributed by atoms with van der Waals surface area (Å²) in [6.45, 7) is 7.72. The van der Waals surface area contributed by atoms with E-state index in [1.54, 1.807) is 29.7 Å². The van der Waals surface area contributed by atoms with Crippen molar-refractivity contribution in [2.45, 2.75) is 107 Å². The zero-order chi connectivity index (χ0) is 45.0. The molecule has 3 aromatic rings. The lowest BCUT2D eigenvalue weighted by Gasteiger charge is -2.59. The van der Waals surface area contributed by atoms with Gasteiger partial charge in [0.1, 0.15) is 17.5 Å². The molecular weight excluding hydrogens is 849 g/mol. The number of rotatable bonds is 22. The second-order valence-electron chi connectivity index (χ2n) is 17.2. The summed E-state index contributed by atoms with van der Waals surface area (Å²) in [5.41, 5.74) is 3.43. The van der Waals surface area contributed by atoms with E-state index in [4.69, 9.17) is 43.2 Å². The average Bonchev–Trinajstić information content (AvgIpc) is 3.81. The Balaban J connectivity index is 1.27. The quantitative estimate of drug-likeness (QED) is 0.0429. The fraction of sp³-hybridized carbons (Fsp3) is 0.529. The van der Waals surface area contributed by atoms with Gasteiger partial charge >= 0.3 is 6.09 Å². The number of fused-ring (bicyclic) bond motifs is 3. The highest BCUT2D eigenvalue weighted by Crippen LogP contribution is 2.62. The first-order valence-corrected chi connectivity index (χ1v) is 24.4. The summed E-state index contributed by atoms with van der Waals surface area (Å²) in [5, 5.41) is 25.0. The van der Waals surface area contributed by atoms with Crippen molar-refractivity contribution in [3.63, 3.8) is 0 Å². The minimum atomic E-state index is -1.46. The van der Waals surface area contributed by atoms with E-state index in [9.17, 15) is 15.0 Å². The maximum atomic E-state index is 14.6. The standard InChI is InChI=1S/C51H64N2O11S/c1-3-25-62-51-46(53(50(56)57-4-2)33-35-19-21-44-45(29-35)61-34-60-44)32-42(52-64-47-18-10-13-26-59-47)40-30-36(14-8-11-23-54)39(17-9-12-24-55)48(49(40)51)41-31-37(20-22-43(41)63-51)58-27-28-65-38-15-6-5-7-16-38/h3,5-7,15-16,19-22,29-31,36,39,46-49,54-55H,1,4,8-14,17-18,23-28,32-34H2,2H3/t36-,39+,46-,47?,48+,49+,51+/m0/s1. The number of hydrogen-bond acceptors (Lipinski definition) is 13. The van der Waals surface area contributed by atoms with Crippen LogP contribution in [0.4, 0.5) is 4.79 Å². The van der Waals surface area contributed by atoms with Gasteiger partial charge in [-0.2, -0.15) is 0 Å². The van der Waals surface area contributed by atoms with E-state index in [0.717, 1.165) is 73.1 Å². The van der Waals surface area contributed by atoms with Crippen molar-refractivity contribution in [2.75, 3.05) is 52.2 Å². The number of ether oxygens (including phenoxy) is 7. The van der Waals surface area contributed by atoms with Gasteiger partial charge in [-0.1, -0.05) is 54.4 Å². The van der Waals surface area contributed by atoms with Crippen LogP contribution < -0.4 is 18.9 Å². The van der Waals surface area contributed by atoms with Gasteiger partial charge < -0.3 is 48.2 Å². The molecule has 2 fully saturated rings. The Labute approximate surface area is 387 Å². The molecule has 3 aliphatic heterocycles. The van der Waals surface area contributed by atoms with E-state index in [0.29, 0.717) is 49.0 Å². The summed E-state index contributed by atoms with van der Waals surface area (Å²) in [4.78, 5) is 23.8. The minimum Gasteiger partial charge on any atom is -0.493 e. The number of unbranched alkanes of at least 4 members (excludes halogenated alkanes) is 2. The smallest absolute Gasteiger partial charge is 0.410 e. The van der Waals surface area contributed by atoms with E-state index in [-0.39, 0.29) is 63.9 Å². The number of carbonyl (C=O) groups excluding carboxylic acids is 1. The lowest BCUT2D eigenvalue weighted by atomic mass is 9.55. The summed E-state index contributed by atoms with van der Waals surface area (Å²) < 4.78 is 44.4. The Hall–Kier alpha value is -4.73. The predicted molar refractivity (Wildman–Crippen MR) is 247 cm³/mol. The van der Waals surface area contributed by atoms with Crippen molar-refractivity contribution >= 4 is 23.6 Å². The Kier molecular flexibility index (Phi) is 16.3. The van der Waals surface area contributed by atoms with Crippen LogP contribution in [0.5, 0.6) is 23.0 Å². The maximum Gasteiger partial charge on any atom is 0.410 e. The van der Waals surface area contributed by atoms with Gasteiger partial charge in [-0.3, -0.25) is 4.90 Å². The van der Waals surface area contributed by atoms with Gasteiger partial charge in [0, 0.05) is 54.7 Å². The van der Waals surface area contributed by atoms with Gasteiger partial charge in [0.15, 0.2) is 11.5 Å². The molecule has 1 amide bonds. The molecule has 14 heteroatoms. The molecule has 0 radical (unpaired) electrons. The third-order valence-electron chi connectivity index (χ3n) is 13.1. The number of benzene rings is 3. The second-order valence-corrected chi connectivity index (χ2v) is 18.4. The van der Waals surface area contributed by atoms with E-state index in [1.807, 2.05) is 48.5 Å². The largest absolute Gasteiger partial charge is 0.493 e. The van der Waals surface area contributed by atoms with Crippen LogP contribution in [0.1, 0.15) is 88.2 Å². The molecule has 0 spiro atoms. The first-order valence-electron chi connectivity index (χ1n) is 23.4. The number of oxime groups is 1. The van der Waals surface area contributed by atoms with Gasteiger partial charge in [-0.15, -0.1) is 18.3 Å². The maximum absolute atomic E-state index is 14.6. The monoisotopic (exact) mass is 912 g/mol. The number of nitrogens with zero attached hydrogens (tertiary/aromatic N) is 2. The average molecular weight is 913 g/mol. The fourth-order valence-electron chi connectivity index (χ4n) is 10.2. The molecule has 0 bridgehead atoms. The molecular formula is C51H64N2O11S. The van der Waals surface area contributed by atoms with Crippen LogP contribution >= 0.6 is 11.8 Å². The summed E-state index contributed by atoms with van der Waals surface area (Å²) in [6, 6.07) is 21.2. The van der Waals surface area contributed by atoms with Crippen molar-refractivity contribution in [2.24, 2.45) is 22.9 Å². The third kappa shape index (κ3) is 10.8. The fourth-order valence-corrected chi connectivity index (χ4v) is 11.0. The Morgan fingerprint density at radius 3 is 2.58 bits per heavy atom. The molecule has 8 rings (SSSR count). The van der Waals surface area contributed by atoms with Crippen molar-refractivity contribution in [1.29, 1.82) is 0 Å². The molecule has 7 atom stereocenters. The minimum absolute atomic E-state index is 0.0553. The molecule has 2 aliphatic carbocycles. The lowest BCUT2D eigenvalue weighted by molar-refractivity contribution is -0.256. The Morgan fingerprint density at radius 1 is 0.985 bits per heavy atom.